The van der Waals surface area contributed by atoms with Crippen LogP contribution >= 0.6 is 0 Å². The van der Waals surface area contributed by atoms with Gasteiger partial charge in [0.25, 0.3) is 0 Å². The first-order valence-corrected chi connectivity index (χ1v) is 6.95. The first kappa shape index (κ1) is 14.9. The zero-order valence-corrected chi connectivity index (χ0v) is 11.4. The number of ether oxygens (including phenoxy) is 2. The molecule has 2 atom stereocenters. The van der Waals surface area contributed by atoms with Crippen LogP contribution < -0.4 is 5.73 Å². The van der Waals surface area contributed by atoms with Crippen molar-refractivity contribution >= 4 is 0 Å². The van der Waals surface area contributed by atoms with Crippen molar-refractivity contribution in [2.45, 2.75) is 45.3 Å². The van der Waals surface area contributed by atoms with Gasteiger partial charge in [-0.3, -0.25) is 0 Å². The Kier molecular flexibility index (Phi) is 7.77. The van der Waals surface area contributed by atoms with Crippen LogP contribution in [0.4, 0.5) is 0 Å². The van der Waals surface area contributed by atoms with E-state index in [1.165, 1.54) is 12.8 Å². The Bertz CT molecular complexity index is 184. The van der Waals surface area contributed by atoms with Crippen molar-refractivity contribution in [3.05, 3.63) is 0 Å². The molecule has 0 aromatic carbocycles. The van der Waals surface area contributed by atoms with Crippen LogP contribution in [0.3, 0.4) is 0 Å². The third kappa shape index (κ3) is 5.82. The normalized spacial score (nSPS) is 22.2. The highest BCUT2D eigenvalue weighted by Gasteiger charge is 2.19. The van der Waals surface area contributed by atoms with Crippen molar-refractivity contribution in [3.8, 4) is 0 Å². The smallest absolute Gasteiger partial charge is 0.0709 e. The van der Waals surface area contributed by atoms with Gasteiger partial charge in [-0.25, -0.2) is 0 Å². The van der Waals surface area contributed by atoms with Crippen molar-refractivity contribution in [1.82, 2.24) is 4.90 Å². The lowest BCUT2D eigenvalue weighted by atomic mass is 10.2. The summed E-state index contributed by atoms with van der Waals surface area (Å²) in [5.41, 5.74) is 5.68. The van der Waals surface area contributed by atoms with Crippen LogP contribution in [0.1, 0.15) is 33.1 Å². The highest BCUT2D eigenvalue weighted by molar-refractivity contribution is 4.71. The molecule has 1 aliphatic heterocycles. The molecule has 0 radical (unpaired) electrons. The standard InChI is InChI=1S/C13H28N2O2/c1-3-15(11-13-6-5-9-17-13)8-7-12(10-14)16-4-2/h12-13H,3-11,14H2,1-2H3. The third-order valence-electron chi connectivity index (χ3n) is 3.37. The molecular weight excluding hydrogens is 216 g/mol. The number of rotatable bonds is 9. The van der Waals surface area contributed by atoms with Crippen LogP contribution in [0.15, 0.2) is 0 Å². The summed E-state index contributed by atoms with van der Waals surface area (Å²) in [4.78, 5) is 2.44. The predicted octanol–water partition coefficient (Wildman–Crippen LogP) is 1.24. The second kappa shape index (κ2) is 8.86. The van der Waals surface area contributed by atoms with Crippen molar-refractivity contribution < 1.29 is 9.47 Å². The zero-order valence-electron chi connectivity index (χ0n) is 11.4. The van der Waals surface area contributed by atoms with Gasteiger partial charge in [-0.15, -0.1) is 0 Å². The van der Waals surface area contributed by atoms with Gasteiger partial charge >= 0.3 is 0 Å². The molecule has 0 aromatic rings. The molecule has 1 aliphatic rings. The van der Waals surface area contributed by atoms with E-state index >= 15 is 0 Å². The zero-order chi connectivity index (χ0) is 12.5. The fourth-order valence-corrected chi connectivity index (χ4v) is 2.29. The molecule has 0 saturated carbocycles. The molecule has 17 heavy (non-hydrogen) atoms. The lowest BCUT2D eigenvalue weighted by molar-refractivity contribution is 0.0421. The van der Waals surface area contributed by atoms with E-state index in [0.717, 1.165) is 39.3 Å². The quantitative estimate of drug-likeness (QED) is 0.663. The largest absolute Gasteiger partial charge is 0.377 e. The van der Waals surface area contributed by atoms with Crippen molar-refractivity contribution in [3.63, 3.8) is 0 Å². The second-order valence-corrected chi connectivity index (χ2v) is 4.63. The van der Waals surface area contributed by atoms with Gasteiger partial charge in [0, 0.05) is 32.8 Å². The molecular formula is C13H28N2O2. The molecule has 4 heteroatoms. The fraction of sp³-hybridized carbons (Fsp3) is 1.00. The summed E-state index contributed by atoms with van der Waals surface area (Å²) in [6.07, 6.45) is 4.09. The predicted molar refractivity (Wildman–Crippen MR) is 70.2 cm³/mol. The maximum atomic E-state index is 5.68. The fourth-order valence-electron chi connectivity index (χ4n) is 2.29. The van der Waals surface area contributed by atoms with Crippen LogP contribution in [-0.4, -0.2) is 56.5 Å². The van der Waals surface area contributed by atoms with E-state index in [1.54, 1.807) is 0 Å². The van der Waals surface area contributed by atoms with Gasteiger partial charge in [-0.2, -0.15) is 0 Å². The lowest BCUT2D eigenvalue weighted by Gasteiger charge is -2.25. The van der Waals surface area contributed by atoms with E-state index in [-0.39, 0.29) is 6.10 Å². The molecule has 1 fully saturated rings. The van der Waals surface area contributed by atoms with Crippen LogP contribution in [0, 0.1) is 0 Å². The van der Waals surface area contributed by atoms with Crippen LogP contribution in [0.5, 0.6) is 0 Å². The second-order valence-electron chi connectivity index (χ2n) is 4.63. The average molecular weight is 244 g/mol. The molecule has 1 rings (SSSR count). The van der Waals surface area contributed by atoms with Crippen molar-refractivity contribution in [2.24, 2.45) is 5.73 Å². The number of hydrogen-bond acceptors (Lipinski definition) is 4. The molecule has 102 valence electrons. The van der Waals surface area contributed by atoms with Crippen molar-refractivity contribution in [1.29, 1.82) is 0 Å². The average Bonchev–Trinajstić information content (AvgIpc) is 2.85. The van der Waals surface area contributed by atoms with Crippen LogP contribution in [-0.2, 0) is 9.47 Å². The topological polar surface area (TPSA) is 47.7 Å². The summed E-state index contributed by atoms with van der Waals surface area (Å²) in [7, 11) is 0. The number of nitrogens with two attached hydrogens (primary N) is 1. The minimum atomic E-state index is 0.207. The molecule has 1 saturated heterocycles. The summed E-state index contributed by atoms with van der Waals surface area (Å²) < 4.78 is 11.2. The van der Waals surface area contributed by atoms with Gasteiger partial charge in [0.1, 0.15) is 0 Å². The van der Waals surface area contributed by atoms with E-state index in [0.29, 0.717) is 12.6 Å². The SMILES string of the molecule is CCOC(CN)CCN(CC)CC1CCCO1. The van der Waals surface area contributed by atoms with E-state index < -0.39 is 0 Å². The minimum absolute atomic E-state index is 0.207. The van der Waals surface area contributed by atoms with Gasteiger partial charge < -0.3 is 20.1 Å². The Morgan fingerprint density at radius 1 is 1.47 bits per heavy atom. The lowest BCUT2D eigenvalue weighted by Crippen LogP contribution is -2.36. The van der Waals surface area contributed by atoms with E-state index in [1.807, 2.05) is 6.92 Å². The number of nitrogens with zero attached hydrogens (tertiary/aromatic N) is 1. The molecule has 4 nitrogen and oxygen atoms in total. The van der Waals surface area contributed by atoms with E-state index in [4.69, 9.17) is 15.2 Å². The molecule has 0 aromatic heterocycles. The molecule has 2 N–H and O–H groups in total. The Balaban J connectivity index is 2.20. The Morgan fingerprint density at radius 3 is 2.82 bits per heavy atom. The van der Waals surface area contributed by atoms with Gasteiger partial charge in [0.2, 0.25) is 0 Å². The van der Waals surface area contributed by atoms with Gasteiger partial charge in [0.15, 0.2) is 0 Å². The van der Waals surface area contributed by atoms with Gasteiger partial charge in [-0.1, -0.05) is 6.92 Å². The van der Waals surface area contributed by atoms with Crippen LogP contribution in [0.2, 0.25) is 0 Å². The van der Waals surface area contributed by atoms with Crippen molar-refractivity contribution in [2.75, 3.05) is 39.4 Å². The summed E-state index contributed by atoms with van der Waals surface area (Å²) >= 11 is 0. The maximum Gasteiger partial charge on any atom is 0.0709 e. The molecule has 0 bridgehead atoms. The van der Waals surface area contributed by atoms with Crippen LogP contribution in [0.25, 0.3) is 0 Å². The highest BCUT2D eigenvalue weighted by Crippen LogP contribution is 2.13. The number of likely N-dealkylation sites (N-methyl/N-ethyl adjacent to an activating group) is 1. The van der Waals surface area contributed by atoms with Gasteiger partial charge in [-0.05, 0) is 32.7 Å². The summed E-state index contributed by atoms with van der Waals surface area (Å²) in [6.45, 7) is 9.71. The van der Waals surface area contributed by atoms with Gasteiger partial charge in [0.05, 0.1) is 12.2 Å². The first-order valence-electron chi connectivity index (χ1n) is 6.95. The van der Waals surface area contributed by atoms with E-state index in [9.17, 15) is 0 Å². The molecule has 2 unspecified atom stereocenters. The first-order chi connectivity index (χ1) is 8.30. The van der Waals surface area contributed by atoms with E-state index in [2.05, 4.69) is 11.8 Å². The minimum Gasteiger partial charge on any atom is -0.377 e. The Labute approximate surface area is 105 Å². The maximum absolute atomic E-state index is 5.68. The molecule has 0 amide bonds. The Morgan fingerprint density at radius 2 is 2.29 bits per heavy atom. The molecule has 0 aliphatic carbocycles. The summed E-state index contributed by atoms with van der Waals surface area (Å²) in [5.74, 6) is 0. The number of hydrogen-bond donors (Lipinski definition) is 1. The molecule has 0 spiro atoms. The monoisotopic (exact) mass is 244 g/mol. The Hall–Kier alpha value is -0.160. The third-order valence-corrected chi connectivity index (χ3v) is 3.37. The molecule has 1 heterocycles. The summed E-state index contributed by atoms with van der Waals surface area (Å²) in [6, 6.07) is 0. The highest BCUT2D eigenvalue weighted by atomic mass is 16.5. The summed E-state index contributed by atoms with van der Waals surface area (Å²) in [5, 5.41) is 0.